The molecule has 39 heavy (non-hydrogen) atoms. The zero-order valence-corrected chi connectivity index (χ0v) is 22.2. The number of halogens is 1. The Morgan fingerprint density at radius 2 is 1.82 bits per heavy atom. The van der Waals surface area contributed by atoms with Crippen LogP contribution in [0.15, 0.2) is 71.3 Å². The molecule has 0 spiro atoms. The smallest absolute Gasteiger partial charge is 0.335 e. The van der Waals surface area contributed by atoms with Crippen molar-refractivity contribution in [1.82, 2.24) is 9.88 Å². The Bertz CT molecular complexity index is 1510. The third-order valence-electron chi connectivity index (χ3n) is 5.90. The van der Waals surface area contributed by atoms with Crippen molar-refractivity contribution in [3.05, 3.63) is 93.0 Å². The number of carboxylic acid groups (broad SMARTS) is 1. The number of allylic oxidation sites excluding steroid dienone is 1. The zero-order valence-electron chi connectivity index (χ0n) is 21.4. The number of carboxylic acids is 1. The molecule has 1 unspecified atom stereocenters. The number of nitrogens with one attached hydrogen (secondary N) is 3. The predicted octanol–water partition coefficient (Wildman–Crippen LogP) is 4.40. The van der Waals surface area contributed by atoms with E-state index >= 15 is 0 Å². The number of hydrogen-bond acceptors (Lipinski definition) is 7. The van der Waals surface area contributed by atoms with Gasteiger partial charge in [0.05, 0.1) is 18.9 Å². The summed E-state index contributed by atoms with van der Waals surface area (Å²) in [6, 6.07) is 10.4. The number of methoxy groups -OCH3 is 1. The molecule has 3 rings (SSSR count). The second-order valence-electron chi connectivity index (χ2n) is 8.49. The highest BCUT2D eigenvalue weighted by molar-refractivity contribution is 6.31. The van der Waals surface area contributed by atoms with Crippen molar-refractivity contribution in [2.45, 2.75) is 19.4 Å². The number of benzene rings is 2. The molecule has 2 aromatic carbocycles. The average Bonchev–Trinajstić information content (AvgIpc) is 2.91. The number of aromatic nitrogens is 1. The van der Waals surface area contributed by atoms with E-state index in [2.05, 4.69) is 10.6 Å². The summed E-state index contributed by atoms with van der Waals surface area (Å²) in [6.45, 7) is 1.40. The van der Waals surface area contributed by atoms with Crippen LogP contribution in [0.5, 0.6) is 5.75 Å². The maximum Gasteiger partial charge on any atom is 0.335 e. The van der Waals surface area contributed by atoms with Crippen molar-refractivity contribution in [1.29, 1.82) is 5.41 Å². The second kappa shape index (κ2) is 12.7. The molecule has 10 nitrogen and oxygen atoms in total. The van der Waals surface area contributed by atoms with Crippen molar-refractivity contribution in [2.75, 3.05) is 19.5 Å². The van der Waals surface area contributed by atoms with E-state index in [1.54, 1.807) is 25.2 Å². The molecule has 11 heteroatoms. The van der Waals surface area contributed by atoms with Crippen LogP contribution in [-0.4, -0.2) is 47.7 Å². The summed E-state index contributed by atoms with van der Waals surface area (Å²) < 4.78 is 6.75. The standard InChI is InChI=1S/C28H27ClN4O6/c1-16(34)21-9-6-19(29)11-22(21)23-12-26(35)33(15-25(23)39-3)24(10-17(13-30)14-31-2)27(36)32-20-7-4-18(5-8-20)28(37)38/h4-9,11-15,24,30-31H,10H2,1-3H3,(H,32,36)(H,37,38)/b17-14-,30-13?. The van der Waals surface area contributed by atoms with Crippen molar-refractivity contribution in [3.63, 3.8) is 0 Å². The second-order valence-corrected chi connectivity index (χ2v) is 8.93. The number of anilines is 1. The number of ether oxygens (including phenoxy) is 1. The third-order valence-corrected chi connectivity index (χ3v) is 6.13. The summed E-state index contributed by atoms with van der Waals surface area (Å²) in [5.41, 5.74) is 1.33. The van der Waals surface area contributed by atoms with Gasteiger partial charge in [-0.1, -0.05) is 11.6 Å². The first-order chi connectivity index (χ1) is 18.6. The van der Waals surface area contributed by atoms with Gasteiger partial charge in [-0.3, -0.25) is 19.0 Å². The number of rotatable bonds is 11. The molecule has 0 aliphatic heterocycles. The first-order valence-electron chi connectivity index (χ1n) is 11.7. The fourth-order valence-corrected chi connectivity index (χ4v) is 4.17. The van der Waals surface area contributed by atoms with Gasteiger partial charge in [0.1, 0.15) is 11.8 Å². The molecular weight excluding hydrogens is 524 g/mol. The van der Waals surface area contributed by atoms with E-state index in [-0.39, 0.29) is 23.5 Å². The van der Waals surface area contributed by atoms with E-state index in [1.165, 1.54) is 61.3 Å². The minimum absolute atomic E-state index is 0.0261. The summed E-state index contributed by atoms with van der Waals surface area (Å²) in [6.07, 6.45) is 3.96. The van der Waals surface area contributed by atoms with Gasteiger partial charge >= 0.3 is 5.97 Å². The highest BCUT2D eigenvalue weighted by Gasteiger charge is 2.25. The van der Waals surface area contributed by atoms with Crippen molar-refractivity contribution in [3.8, 4) is 16.9 Å². The highest BCUT2D eigenvalue weighted by atomic mass is 35.5. The fraction of sp³-hybridized carbons (Fsp3) is 0.179. The molecule has 1 aromatic heterocycles. The highest BCUT2D eigenvalue weighted by Crippen LogP contribution is 2.34. The summed E-state index contributed by atoms with van der Waals surface area (Å²) in [5.74, 6) is -1.69. The fourth-order valence-electron chi connectivity index (χ4n) is 4.00. The summed E-state index contributed by atoms with van der Waals surface area (Å²) in [4.78, 5) is 50.3. The van der Waals surface area contributed by atoms with Gasteiger partial charge in [-0.15, -0.1) is 0 Å². The lowest BCUT2D eigenvalue weighted by molar-refractivity contribution is -0.119. The first kappa shape index (κ1) is 28.9. The molecule has 0 saturated carbocycles. The van der Waals surface area contributed by atoms with Gasteiger partial charge < -0.3 is 25.9 Å². The molecule has 0 bridgehead atoms. The zero-order chi connectivity index (χ0) is 28.7. The van der Waals surface area contributed by atoms with E-state index in [9.17, 15) is 19.2 Å². The molecule has 0 aliphatic rings. The van der Waals surface area contributed by atoms with Crippen molar-refractivity contribution in [2.24, 2.45) is 0 Å². The van der Waals surface area contributed by atoms with Crippen LogP contribution < -0.4 is 20.9 Å². The van der Waals surface area contributed by atoms with E-state index in [0.29, 0.717) is 33.0 Å². The summed E-state index contributed by atoms with van der Waals surface area (Å²) >= 11 is 6.18. The van der Waals surface area contributed by atoms with E-state index < -0.39 is 23.5 Å². The Balaban J connectivity index is 2.13. The van der Waals surface area contributed by atoms with Crippen LogP contribution in [0.1, 0.15) is 40.1 Å². The minimum Gasteiger partial charge on any atom is -0.495 e. The monoisotopic (exact) mass is 550 g/mol. The Labute approximate surface area is 229 Å². The molecule has 0 radical (unpaired) electrons. The lowest BCUT2D eigenvalue weighted by Gasteiger charge is -2.22. The Morgan fingerprint density at radius 3 is 2.38 bits per heavy atom. The van der Waals surface area contributed by atoms with Crippen LogP contribution in [-0.2, 0) is 4.79 Å². The summed E-state index contributed by atoms with van der Waals surface area (Å²) in [7, 11) is 3.04. The van der Waals surface area contributed by atoms with Gasteiger partial charge in [-0.05, 0) is 60.5 Å². The van der Waals surface area contributed by atoms with Crippen molar-refractivity contribution < 1.29 is 24.2 Å². The van der Waals surface area contributed by atoms with Crippen LogP contribution in [0.25, 0.3) is 11.1 Å². The topological polar surface area (TPSA) is 151 Å². The van der Waals surface area contributed by atoms with Crippen LogP contribution in [0.3, 0.4) is 0 Å². The van der Waals surface area contributed by atoms with E-state index in [4.69, 9.17) is 26.9 Å². The Morgan fingerprint density at radius 1 is 1.13 bits per heavy atom. The maximum absolute atomic E-state index is 13.5. The predicted molar refractivity (Wildman–Crippen MR) is 149 cm³/mol. The number of amides is 1. The molecular formula is C28H27ClN4O6. The number of Topliss-reactive ketones (excluding diaryl/α,β-unsaturated/α-hetero) is 1. The summed E-state index contributed by atoms with van der Waals surface area (Å²) in [5, 5.41) is 22.7. The molecule has 0 fully saturated rings. The molecule has 0 aliphatic carbocycles. The molecule has 1 amide bonds. The molecule has 202 valence electrons. The minimum atomic E-state index is -1.12. The average molecular weight is 551 g/mol. The SMILES string of the molecule is CN/C=C(\C=N)CC(C(=O)Nc1ccc(C(=O)O)cc1)n1cc(OC)c(-c2cc(Cl)ccc2C(C)=O)cc1=O. The Kier molecular flexibility index (Phi) is 9.40. The van der Waals surface area contributed by atoms with E-state index in [1.807, 2.05) is 0 Å². The molecule has 1 atom stereocenters. The number of aromatic carboxylic acids is 1. The quantitative estimate of drug-likeness (QED) is 0.204. The Hall–Kier alpha value is -4.70. The lowest BCUT2D eigenvalue weighted by Crippen LogP contribution is -2.33. The number of ketones is 1. The number of carbonyl (C=O) groups excluding carboxylic acids is 2. The van der Waals surface area contributed by atoms with Crippen LogP contribution >= 0.6 is 11.6 Å². The van der Waals surface area contributed by atoms with Crippen LogP contribution in [0.4, 0.5) is 5.69 Å². The largest absolute Gasteiger partial charge is 0.495 e. The normalized spacial score (nSPS) is 11.8. The lowest BCUT2D eigenvalue weighted by atomic mass is 9.97. The molecule has 4 N–H and O–H groups in total. The molecule has 0 saturated heterocycles. The number of nitrogens with zero attached hydrogens (tertiary/aromatic N) is 1. The van der Waals surface area contributed by atoms with Crippen LogP contribution in [0.2, 0.25) is 5.02 Å². The molecule has 1 heterocycles. The number of hydrogen-bond donors (Lipinski definition) is 4. The van der Waals surface area contributed by atoms with Crippen molar-refractivity contribution >= 4 is 41.2 Å². The van der Waals surface area contributed by atoms with Gasteiger partial charge in [0.25, 0.3) is 5.56 Å². The third kappa shape index (κ3) is 6.79. The van der Waals surface area contributed by atoms with Gasteiger partial charge in [0, 0.05) is 53.8 Å². The van der Waals surface area contributed by atoms with Gasteiger partial charge in [-0.2, -0.15) is 0 Å². The van der Waals surface area contributed by atoms with Gasteiger partial charge in [-0.25, -0.2) is 4.79 Å². The number of pyridine rings is 1. The van der Waals surface area contributed by atoms with Gasteiger partial charge in [0.15, 0.2) is 5.78 Å². The molecule has 3 aromatic rings. The maximum atomic E-state index is 13.5. The van der Waals surface area contributed by atoms with E-state index in [0.717, 1.165) is 6.21 Å². The first-order valence-corrected chi connectivity index (χ1v) is 12.1. The van der Waals surface area contributed by atoms with Gasteiger partial charge in [0.2, 0.25) is 5.91 Å². The number of carbonyl (C=O) groups is 3. The van der Waals surface area contributed by atoms with Crippen LogP contribution in [0, 0.1) is 5.41 Å².